The molecule has 6 nitrogen and oxygen atoms in total. The van der Waals surface area contributed by atoms with E-state index in [1.165, 1.54) is 0 Å². The van der Waals surface area contributed by atoms with Crippen LogP contribution in [-0.2, 0) is 4.79 Å². The lowest BCUT2D eigenvalue weighted by atomic mass is 9.66. The van der Waals surface area contributed by atoms with Gasteiger partial charge < -0.3 is 19.9 Å². The number of nitrogens with one attached hydrogen (secondary N) is 1. The van der Waals surface area contributed by atoms with Gasteiger partial charge in [0.15, 0.2) is 0 Å². The lowest BCUT2D eigenvalue weighted by Crippen LogP contribution is -2.56. The van der Waals surface area contributed by atoms with Gasteiger partial charge in [0.25, 0.3) is 0 Å². The van der Waals surface area contributed by atoms with Crippen LogP contribution in [0.3, 0.4) is 0 Å². The lowest BCUT2D eigenvalue weighted by Gasteiger charge is -2.52. The highest BCUT2D eigenvalue weighted by atomic mass is 16.5. The van der Waals surface area contributed by atoms with Crippen molar-refractivity contribution in [2.75, 3.05) is 33.9 Å². The van der Waals surface area contributed by atoms with Gasteiger partial charge in [-0.15, -0.1) is 0 Å². The Labute approximate surface area is 174 Å². The van der Waals surface area contributed by atoms with Crippen molar-refractivity contribution in [3.63, 3.8) is 0 Å². The minimum Gasteiger partial charge on any atom is -0.497 e. The molecule has 1 aromatic carbocycles. The van der Waals surface area contributed by atoms with E-state index in [2.05, 4.69) is 17.1 Å². The molecule has 0 radical (unpaired) electrons. The second-order valence-corrected chi connectivity index (χ2v) is 8.43. The number of amides is 1. The Morgan fingerprint density at radius 3 is 2.83 bits per heavy atom. The van der Waals surface area contributed by atoms with Gasteiger partial charge >= 0.3 is 0 Å². The average Bonchev–Trinajstić information content (AvgIpc) is 2.73. The molecule has 1 aliphatic heterocycles. The largest absolute Gasteiger partial charge is 0.497 e. The smallest absolute Gasteiger partial charge is 0.234 e. The second-order valence-electron chi connectivity index (χ2n) is 8.43. The monoisotopic (exact) mass is 404 g/mol. The van der Waals surface area contributed by atoms with Crippen molar-refractivity contribution in [2.24, 2.45) is 5.92 Å². The number of fused-ring (bicyclic) bond motifs is 1. The Bertz CT molecular complexity index is 695. The Balaban J connectivity index is 1.92. The number of carbonyl (C=O) groups is 1. The first-order chi connectivity index (χ1) is 14.0. The van der Waals surface area contributed by atoms with E-state index in [1.807, 2.05) is 18.2 Å². The van der Waals surface area contributed by atoms with Gasteiger partial charge in [-0.3, -0.25) is 9.69 Å². The predicted molar refractivity (Wildman–Crippen MR) is 113 cm³/mol. The summed E-state index contributed by atoms with van der Waals surface area (Å²) >= 11 is 0. The number of hydrogen-bond donors (Lipinski definition) is 2. The number of carbonyl (C=O) groups excluding carboxylic acids is 1. The number of methoxy groups -OCH3 is 2. The minimum atomic E-state index is -0.674. The third kappa shape index (κ3) is 4.86. The molecule has 0 spiro atoms. The maximum atomic E-state index is 12.6. The molecule has 6 heteroatoms. The topological polar surface area (TPSA) is 71.0 Å². The molecular weight excluding hydrogens is 368 g/mol. The van der Waals surface area contributed by atoms with Crippen LogP contribution >= 0.6 is 0 Å². The molecule has 3 rings (SSSR count). The number of benzene rings is 1. The molecule has 2 N–H and O–H groups in total. The van der Waals surface area contributed by atoms with E-state index in [-0.39, 0.29) is 17.9 Å². The quantitative estimate of drug-likeness (QED) is 0.651. The highest BCUT2D eigenvalue weighted by Gasteiger charge is 2.49. The number of unbranched alkanes of at least 4 members (excludes halogenated alkanes) is 1. The Hall–Kier alpha value is -1.79. The average molecular weight is 405 g/mol. The van der Waals surface area contributed by atoms with Crippen molar-refractivity contribution in [2.45, 2.75) is 63.5 Å². The number of ether oxygens (including phenoxy) is 2. The Morgan fingerprint density at radius 2 is 2.10 bits per heavy atom. The van der Waals surface area contributed by atoms with E-state index in [0.29, 0.717) is 26.1 Å². The lowest BCUT2D eigenvalue weighted by molar-refractivity contribution is -0.138. The summed E-state index contributed by atoms with van der Waals surface area (Å²) in [4.78, 5) is 14.8. The van der Waals surface area contributed by atoms with Gasteiger partial charge in [0.1, 0.15) is 11.5 Å². The summed E-state index contributed by atoms with van der Waals surface area (Å²) < 4.78 is 11.2. The molecule has 3 atom stereocenters. The van der Waals surface area contributed by atoms with Gasteiger partial charge in [-0.25, -0.2) is 0 Å². The van der Waals surface area contributed by atoms with Crippen LogP contribution in [0, 0.1) is 5.92 Å². The molecule has 1 saturated heterocycles. The Morgan fingerprint density at radius 1 is 1.28 bits per heavy atom. The highest BCUT2D eigenvalue weighted by Crippen LogP contribution is 2.51. The van der Waals surface area contributed by atoms with Crippen LogP contribution in [0.25, 0.3) is 0 Å². The van der Waals surface area contributed by atoms with Gasteiger partial charge in [0, 0.05) is 30.6 Å². The fourth-order valence-corrected chi connectivity index (χ4v) is 5.05. The van der Waals surface area contributed by atoms with Crippen molar-refractivity contribution in [3.8, 4) is 11.5 Å². The van der Waals surface area contributed by atoms with Crippen molar-refractivity contribution in [3.05, 3.63) is 23.8 Å². The zero-order valence-corrected chi connectivity index (χ0v) is 18.1. The van der Waals surface area contributed by atoms with Crippen molar-refractivity contribution < 1.29 is 19.4 Å². The maximum Gasteiger partial charge on any atom is 0.234 e. The highest BCUT2D eigenvalue weighted by molar-refractivity contribution is 5.78. The zero-order valence-electron chi connectivity index (χ0n) is 18.1. The molecule has 2 fully saturated rings. The number of nitrogens with zero attached hydrogens (tertiary/aromatic N) is 1. The second kappa shape index (κ2) is 9.81. The number of hydrogen-bond acceptors (Lipinski definition) is 5. The summed E-state index contributed by atoms with van der Waals surface area (Å²) in [6.45, 7) is 3.86. The van der Waals surface area contributed by atoms with Crippen LogP contribution in [0.2, 0.25) is 0 Å². The minimum absolute atomic E-state index is 0.0477. The predicted octanol–water partition coefficient (Wildman–Crippen LogP) is 3.29. The molecule has 0 aromatic heterocycles. The van der Waals surface area contributed by atoms with E-state index < -0.39 is 5.60 Å². The fourth-order valence-electron chi connectivity index (χ4n) is 5.05. The van der Waals surface area contributed by atoms with Crippen LogP contribution < -0.4 is 14.8 Å². The van der Waals surface area contributed by atoms with E-state index in [9.17, 15) is 9.90 Å². The zero-order chi connectivity index (χ0) is 20.9. The SMILES string of the molecule is CCCCNC(=O)CN1CC[C@]2(O)CCCC[C@@H]2[C@H]1c1cc(OC)ccc1OC. The molecule has 0 unspecified atom stereocenters. The third-order valence-electron chi connectivity index (χ3n) is 6.63. The van der Waals surface area contributed by atoms with Gasteiger partial charge in [-0.05, 0) is 43.9 Å². The van der Waals surface area contributed by atoms with Crippen LogP contribution in [0.5, 0.6) is 11.5 Å². The molecule has 2 aliphatic rings. The molecule has 29 heavy (non-hydrogen) atoms. The molecule has 0 bridgehead atoms. The summed E-state index contributed by atoms with van der Waals surface area (Å²) in [6, 6.07) is 5.74. The van der Waals surface area contributed by atoms with Crippen LogP contribution in [0.15, 0.2) is 18.2 Å². The summed E-state index contributed by atoms with van der Waals surface area (Å²) in [6.07, 6.45) is 6.71. The van der Waals surface area contributed by atoms with Crippen molar-refractivity contribution in [1.29, 1.82) is 0 Å². The van der Waals surface area contributed by atoms with Gasteiger partial charge in [-0.2, -0.15) is 0 Å². The van der Waals surface area contributed by atoms with E-state index in [0.717, 1.165) is 55.6 Å². The number of likely N-dealkylation sites (tertiary alicyclic amines) is 1. The first kappa shape index (κ1) is 21.9. The van der Waals surface area contributed by atoms with E-state index in [4.69, 9.17) is 9.47 Å². The third-order valence-corrected chi connectivity index (χ3v) is 6.63. The Kier molecular flexibility index (Phi) is 7.41. The van der Waals surface area contributed by atoms with Crippen LogP contribution in [-0.4, -0.2) is 55.4 Å². The molecule has 1 aromatic rings. The summed E-state index contributed by atoms with van der Waals surface area (Å²) in [7, 11) is 3.32. The summed E-state index contributed by atoms with van der Waals surface area (Å²) in [5.74, 6) is 1.67. The van der Waals surface area contributed by atoms with E-state index in [1.54, 1.807) is 14.2 Å². The van der Waals surface area contributed by atoms with Crippen LogP contribution in [0.1, 0.15) is 63.5 Å². The molecule has 1 amide bonds. The molecule has 1 saturated carbocycles. The maximum absolute atomic E-state index is 12.6. The fraction of sp³-hybridized carbons (Fsp3) is 0.696. The van der Waals surface area contributed by atoms with Crippen LogP contribution in [0.4, 0.5) is 0 Å². The number of aliphatic hydroxyl groups is 1. The van der Waals surface area contributed by atoms with E-state index >= 15 is 0 Å². The summed E-state index contributed by atoms with van der Waals surface area (Å²) in [5, 5.41) is 14.5. The number of piperidine rings is 1. The van der Waals surface area contributed by atoms with Crippen molar-refractivity contribution in [1.82, 2.24) is 10.2 Å². The molecule has 1 heterocycles. The van der Waals surface area contributed by atoms with Gasteiger partial charge in [0.05, 0.1) is 26.4 Å². The van der Waals surface area contributed by atoms with Gasteiger partial charge in [0.2, 0.25) is 5.91 Å². The first-order valence-electron chi connectivity index (χ1n) is 11.0. The van der Waals surface area contributed by atoms with Crippen molar-refractivity contribution >= 4 is 5.91 Å². The first-order valence-corrected chi connectivity index (χ1v) is 11.0. The molecule has 1 aliphatic carbocycles. The normalized spacial score (nSPS) is 27.2. The molecule has 162 valence electrons. The number of rotatable bonds is 8. The standard InChI is InChI=1S/C23H36N2O4/c1-4-5-13-24-21(26)16-25-14-12-23(27)11-7-6-8-19(23)22(25)18-15-17(28-2)9-10-20(18)29-3/h9-10,15,19,22,27H,4-8,11-14,16H2,1-3H3,(H,24,26)/t19-,22-,23-/m1/s1. The molecular formula is C23H36N2O4. The summed E-state index contributed by atoms with van der Waals surface area (Å²) in [5.41, 5.74) is 0.324. The van der Waals surface area contributed by atoms with Gasteiger partial charge in [-0.1, -0.05) is 26.2 Å².